The lowest BCUT2D eigenvalue weighted by atomic mass is 10.1. The summed E-state index contributed by atoms with van der Waals surface area (Å²) in [5.41, 5.74) is 1.53. The second kappa shape index (κ2) is 9.62. The number of aliphatic imine (C=N–C) groups is 1. The number of para-hydroxylation sites is 1. The Hall–Kier alpha value is -3.50. The lowest BCUT2D eigenvalue weighted by Gasteiger charge is -2.03. The van der Waals surface area contributed by atoms with Crippen LogP contribution in [0.2, 0.25) is 0 Å². The highest BCUT2D eigenvalue weighted by molar-refractivity contribution is 8.18. The van der Waals surface area contributed by atoms with Crippen LogP contribution in [0, 0.1) is 11.3 Å². The second-order valence-corrected chi connectivity index (χ2v) is 6.85. The average Bonchev–Trinajstić information content (AvgIpc) is 3.03. The molecule has 6 nitrogen and oxygen atoms in total. The molecule has 1 aliphatic heterocycles. The van der Waals surface area contributed by atoms with Crippen molar-refractivity contribution < 1.29 is 19.4 Å². The number of rotatable bonds is 6. The third-order valence-corrected chi connectivity index (χ3v) is 4.86. The summed E-state index contributed by atoms with van der Waals surface area (Å²) in [6, 6.07) is 18.2. The molecule has 0 aromatic heterocycles. The van der Waals surface area contributed by atoms with Crippen LogP contribution >= 0.6 is 11.8 Å². The first-order valence-corrected chi connectivity index (χ1v) is 9.68. The maximum atomic E-state index is 12.4. The minimum atomic E-state index is -0.615. The summed E-state index contributed by atoms with van der Waals surface area (Å²) >= 11 is 1.20. The maximum Gasteiger partial charge on any atom is 0.344 e. The normalized spacial score (nSPS) is 16.1. The first-order chi connectivity index (χ1) is 14.1. The number of nitriles is 1. The zero-order valence-corrected chi connectivity index (χ0v) is 16.5. The van der Waals surface area contributed by atoms with Crippen molar-refractivity contribution in [1.29, 1.82) is 5.26 Å². The molecule has 0 bridgehead atoms. The van der Waals surface area contributed by atoms with E-state index in [4.69, 9.17) is 14.7 Å². The van der Waals surface area contributed by atoms with Gasteiger partial charge >= 0.3 is 5.97 Å². The van der Waals surface area contributed by atoms with Crippen molar-refractivity contribution in [3.05, 3.63) is 76.4 Å². The van der Waals surface area contributed by atoms with Gasteiger partial charge in [-0.05, 0) is 42.8 Å². The van der Waals surface area contributed by atoms with Gasteiger partial charge in [-0.25, -0.2) is 9.79 Å². The topological polar surface area (TPSA) is 91.9 Å². The van der Waals surface area contributed by atoms with Crippen LogP contribution in [0.3, 0.4) is 0 Å². The molecule has 146 valence electrons. The Morgan fingerprint density at radius 3 is 2.59 bits per heavy atom. The molecule has 0 amide bonds. The summed E-state index contributed by atoms with van der Waals surface area (Å²) in [4.78, 5) is 17.4. The fourth-order valence-electron chi connectivity index (χ4n) is 2.54. The van der Waals surface area contributed by atoms with Gasteiger partial charge in [0.2, 0.25) is 0 Å². The predicted octanol–water partition coefficient (Wildman–Crippen LogP) is 4.78. The quantitative estimate of drug-likeness (QED) is 0.694. The number of hydrogen-bond acceptors (Lipinski definition) is 7. The number of aliphatic hydroxyl groups excluding tert-OH is 1. The van der Waals surface area contributed by atoms with Crippen LogP contribution in [-0.4, -0.2) is 29.3 Å². The van der Waals surface area contributed by atoms with Gasteiger partial charge in [0.05, 0.1) is 17.2 Å². The fraction of sp³-hybridized carbons (Fsp3) is 0.136. The van der Waals surface area contributed by atoms with E-state index in [0.717, 1.165) is 5.56 Å². The van der Waals surface area contributed by atoms with Gasteiger partial charge in [0.25, 0.3) is 0 Å². The lowest BCUT2D eigenvalue weighted by molar-refractivity contribution is -0.138. The van der Waals surface area contributed by atoms with Crippen molar-refractivity contribution in [2.24, 2.45) is 4.99 Å². The molecule has 0 aliphatic carbocycles. The number of ether oxygens (including phenoxy) is 2. The van der Waals surface area contributed by atoms with Crippen LogP contribution < -0.4 is 4.74 Å². The molecule has 2 aromatic carbocycles. The van der Waals surface area contributed by atoms with Gasteiger partial charge in [-0.15, -0.1) is 0 Å². The number of aliphatic hydroxyl groups is 1. The van der Waals surface area contributed by atoms with Crippen LogP contribution in [0.5, 0.6) is 5.75 Å². The van der Waals surface area contributed by atoms with Crippen LogP contribution in [0.25, 0.3) is 6.08 Å². The third-order valence-electron chi connectivity index (χ3n) is 3.84. The Kier molecular flexibility index (Phi) is 6.72. The largest absolute Gasteiger partial charge is 0.506 e. The van der Waals surface area contributed by atoms with Gasteiger partial charge in [-0.1, -0.05) is 42.1 Å². The highest BCUT2D eigenvalue weighted by Gasteiger charge is 2.33. The molecule has 0 atom stereocenters. The molecular weight excluding hydrogens is 388 g/mol. The molecule has 1 N–H and O–H groups in total. The van der Waals surface area contributed by atoms with Crippen LogP contribution in [0.1, 0.15) is 12.5 Å². The number of carbonyl (C=O) groups is 1. The SMILES string of the molecule is CCOC(=O)C1=C(O)/C(=C/c2ccc(OCC#N)cc2)SC1=Nc1ccccc1. The van der Waals surface area contributed by atoms with Crippen molar-refractivity contribution in [2.75, 3.05) is 13.2 Å². The third kappa shape index (κ3) is 5.06. The maximum absolute atomic E-state index is 12.4. The molecule has 7 heteroatoms. The number of carbonyl (C=O) groups excluding carboxylic acids is 1. The van der Waals surface area contributed by atoms with E-state index in [-0.39, 0.29) is 24.5 Å². The number of hydrogen-bond donors (Lipinski definition) is 1. The molecule has 0 saturated heterocycles. The van der Waals surface area contributed by atoms with Gasteiger partial charge < -0.3 is 14.6 Å². The summed E-state index contributed by atoms with van der Waals surface area (Å²) in [5, 5.41) is 19.6. The molecular formula is C22H18N2O4S. The molecule has 1 heterocycles. The van der Waals surface area contributed by atoms with E-state index in [9.17, 15) is 9.90 Å². The van der Waals surface area contributed by atoms with Gasteiger partial charge in [0, 0.05) is 0 Å². The zero-order valence-electron chi connectivity index (χ0n) is 15.7. The molecule has 0 spiro atoms. The van der Waals surface area contributed by atoms with E-state index < -0.39 is 5.97 Å². The minimum Gasteiger partial charge on any atom is -0.506 e. The Morgan fingerprint density at radius 2 is 1.93 bits per heavy atom. The zero-order chi connectivity index (χ0) is 20.6. The van der Waals surface area contributed by atoms with Crippen molar-refractivity contribution in [2.45, 2.75) is 6.92 Å². The van der Waals surface area contributed by atoms with E-state index in [1.165, 1.54) is 11.8 Å². The van der Waals surface area contributed by atoms with Gasteiger partial charge in [0.1, 0.15) is 28.2 Å². The molecule has 2 aromatic rings. The molecule has 0 unspecified atom stereocenters. The van der Waals surface area contributed by atoms with Gasteiger partial charge in [-0.3, -0.25) is 0 Å². The number of thioether (sulfide) groups is 1. The van der Waals surface area contributed by atoms with Crippen LogP contribution in [0.4, 0.5) is 5.69 Å². The highest BCUT2D eigenvalue weighted by atomic mass is 32.2. The Morgan fingerprint density at radius 1 is 1.21 bits per heavy atom. The van der Waals surface area contributed by atoms with E-state index >= 15 is 0 Å². The first kappa shape index (κ1) is 20.2. The summed E-state index contributed by atoms with van der Waals surface area (Å²) in [7, 11) is 0. The van der Waals surface area contributed by atoms with Crippen molar-refractivity contribution >= 4 is 34.5 Å². The summed E-state index contributed by atoms with van der Waals surface area (Å²) < 4.78 is 10.3. The van der Waals surface area contributed by atoms with E-state index in [1.54, 1.807) is 37.3 Å². The first-order valence-electron chi connectivity index (χ1n) is 8.86. The monoisotopic (exact) mass is 406 g/mol. The van der Waals surface area contributed by atoms with E-state index in [0.29, 0.717) is 21.4 Å². The molecule has 1 aliphatic rings. The molecule has 3 rings (SSSR count). The smallest absolute Gasteiger partial charge is 0.344 e. The fourth-order valence-corrected chi connectivity index (χ4v) is 3.57. The number of benzene rings is 2. The van der Waals surface area contributed by atoms with E-state index in [2.05, 4.69) is 4.99 Å². The van der Waals surface area contributed by atoms with Crippen molar-refractivity contribution in [3.8, 4) is 11.8 Å². The predicted molar refractivity (Wildman–Crippen MR) is 113 cm³/mol. The minimum absolute atomic E-state index is 0.0258. The second-order valence-electron chi connectivity index (χ2n) is 5.82. The summed E-state index contributed by atoms with van der Waals surface area (Å²) in [6.07, 6.45) is 1.75. The molecule has 0 fully saturated rings. The molecule has 0 radical (unpaired) electrons. The van der Waals surface area contributed by atoms with Crippen LogP contribution in [-0.2, 0) is 9.53 Å². The lowest BCUT2D eigenvalue weighted by Crippen LogP contribution is -2.12. The van der Waals surface area contributed by atoms with Gasteiger partial charge in [0.15, 0.2) is 6.61 Å². The van der Waals surface area contributed by atoms with Gasteiger partial charge in [-0.2, -0.15) is 5.26 Å². The Labute approximate surface area is 172 Å². The number of nitrogens with zero attached hydrogens (tertiary/aromatic N) is 2. The Balaban J connectivity index is 1.93. The molecule has 29 heavy (non-hydrogen) atoms. The standard InChI is InChI=1S/C22H18N2O4S/c1-2-27-22(26)19-20(25)18(29-21(19)24-16-6-4-3-5-7-16)14-15-8-10-17(11-9-15)28-13-12-23/h3-11,14,25H,2,13H2,1H3/b18-14-,24-21?. The van der Waals surface area contributed by atoms with E-state index in [1.807, 2.05) is 36.4 Å². The number of esters is 1. The molecule has 0 saturated carbocycles. The van der Waals surface area contributed by atoms with Crippen molar-refractivity contribution in [3.63, 3.8) is 0 Å². The van der Waals surface area contributed by atoms with Crippen LogP contribution in [0.15, 0.2) is 75.8 Å². The Bertz CT molecular complexity index is 1020. The highest BCUT2D eigenvalue weighted by Crippen LogP contribution is 2.40. The summed E-state index contributed by atoms with van der Waals surface area (Å²) in [6.45, 7) is 1.88. The average molecular weight is 406 g/mol. The van der Waals surface area contributed by atoms with Crippen molar-refractivity contribution in [1.82, 2.24) is 0 Å². The summed E-state index contributed by atoms with van der Waals surface area (Å²) in [5.74, 6) is -0.199.